The predicted octanol–water partition coefficient (Wildman–Crippen LogP) is 2.03. The van der Waals surface area contributed by atoms with Gasteiger partial charge >= 0.3 is 5.97 Å². The SMILES string of the molecule is CC(c1ccccc1)N(C)C(=O)CN1CCC(C(=O)O)C1.Cl. The monoisotopic (exact) mass is 326 g/mol. The summed E-state index contributed by atoms with van der Waals surface area (Å²) in [7, 11) is 1.80. The van der Waals surface area contributed by atoms with Crippen LogP contribution in [0.25, 0.3) is 0 Å². The molecule has 1 aromatic rings. The Hall–Kier alpha value is -1.59. The third-order valence-electron chi connectivity index (χ3n) is 4.24. The van der Waals surface area contributed by atoms with Gasteiger partial charge in [0.2, 0.25) is 5.91 Å². The maximum absolute atomic E-state index is 12.3. The molecule has 0 aromatic heterocycles. The second-order valence-electron chi connectivity index (χ2n) is 5.65. The van der Waals surface area contributed by atoms with E-state index in [1.165, 1.54) is 0 Å². The number of aliphatic carboxylic acids is 1. The molecular formula is C16H23ClN2O3. The Labute approximate surface area is 137 Å². The van der Waals surface area contributed by atoms with Gasteiger partial charge in [0.05, 0.1) is 18.5 Å². The zero-order valence-corrected chi connectivity index (χ0v) is 13.8. The van der Waals surface area contributed by atoms with E-state index in [2.05, 4.69) is 0 Å². The second kappa shape index (κ2) is 8.15. The van der Waals surface area contributed by atoms with Gasteiger partial charge in [-0.25, -0.2) is 0 Å². The van der Waals surface area contributed by atoms with Gasteiger partial charge in [-0.05, 0) is 25.5 Å². The number of hydrogen-bond acceptors (Lipinski definition) is 3. The van der Waals surface area contributed by atoms with Crippen LogP contribution in [0, 0.1) is 5.92 Å². The van der Waals surface area contributed by atoms with Gasteiger partial charge in [0.15, 0.2) is 0 Å². The summed E-state index contributed by atoms with van der Waals surface area (Å²) in [4.78, 5) is 26.9. The van der Waals surface area contributed by atoms with Crippen LogP contribution in [-0.2, 0) is 9.59 Å². The Morgan fingerprint density at radius 1 is 1.36 bits per heavy atom. The molecule has 0 radical (unpaired) electrons. The van der Waals surface area contributed by atoms with Crippen LogP contribution in [0.3, 0.4) is 0 Å². The van der Waals surface area contributed by atoms with Crippen molar-refractivity contribution >= 4 is 24.3 Å². The molecule has 1 saturated heterocycles. The average molecular weight is 327 g/mol. The lowest BCUT2D eigenvalue weighted by atomic mass is 10.1. The van der Waals surface area contributed by atoms with Gasteiger partial charge in [-0.2, -0.15) is 0 Å². The number of carbonyl (C=O) groups is 2. The summed E-state index contributed by atoms with van der Waals surface area (Å²) in [5, 5.41) is 8.99. The number of carboxylic acids is 1. The molecule has 1 fully saturated rings. The highest BCUT2D eigenvalue weighted by Crippen LogP contribution is 2.20. The van der Waals surface area contributed by atoms with E-state index in [0.29, 0.717) is 19.5 Å². The minimum absolute atomic E-state index is 0. The third kappa shape index (κ3) is 4.45. The van der Waals surface area contributed by atoms with Gasteiger partial charge in [-0.1, -0.05) is 30.3 Å². The van der Waals surface area contributed by atoms with E-state index in [1.807, 2.05) is 42.2 Å². The number of likely N-dealkylation sites (N-methyl/N-ethyl adjacent to an activating group) is 1. The lowest BCUT2D eigenvalue weighted by Crippen LogP contribution is -2.39. The van der Waals surface area contributed by atoms with Crippen LogP contribution >= 0.6 is 12.4 Å². The molecule has 2 unspecified atom stereocenters. The molecule has 0 spiro atoms. The second-order valence-corrected chi connectivity index (χ2v) is 5.65. The van der Waals surface area contributed by atoms with Crippen molar-refractivity contribution in [3.05, 3.63) is 35.9 Å². The van der Waals surface area contributed by atoms with Gasteiger partial charge in [0.25, 0.3) is 0 Å². The van der Waals surface area contributed by atoms with Crippen LogP contribution in [0.1, 0.15) is 24.9 Å². The normalized spacial score (nSPS) is 19.3. The summed E-state index contributed by atoms with van der Waals surface area (Å²) in [6.07, 6.45) is 0.626. The van der Waals surface area contributed by atoms with Crippen molar-refractivity contribution in [2.45, 2.75) is 19.4 Å². The number of amides is 1. The number of hydrogen-bond donors (Lipinski definition) is 1. The third-order valence-corrected chi connectivity index (χ3v) is 4.24. The van der Waals surface area contributed by atoms with Crippen LogP contribution in [0.5, 0.6) is 0 Å². The van der Waals surface area contributed by atoms with Crippen LogP contribution in [0.4, 0.5) is 0 Å². The number of rotatable bonds is 5. The van der Waals surface area contributed by atoms with E-state index in [0.717, 1.165) is 5.56 Å². The number of nitrogens with zero attached hydrogens (tertiary/aromatic N) is 2. The van der Waals surface area contributed by atoms with Gasteiger partial charge in [-0.15, -0.1) is 12.4 Å². The standard InChI is InChI=1S/C16H22N2O3.ClH/c1-12(13-6-4-3-5-7-13)17(2)15(19)11-18-9-8-14(10-18)16(20)21;/h3-7,12,14H,8-11H2,1-2H3,(H,20,21);1H. The van der Waals surface area contributed by atoms with Crippen molar-refractivity contribution in [3.63, 3.8) is 0 Å². The van der Waals surface area contributed by atoms with E-state index < -0.39 is 5.97 Å². The van der Waals surface area contributed by atoms with E-state index >= 15 is 0 Å². The summed E-state index contributed by atoms with van der Waals surface area (Å²) in [6, 6.07) is 9.89. The Balaban J connectivity index is 0.00000242. The van der Waals surface area contributed by atoms with E-state index in [4.69, 9.17) is 5.11 Å². The van der Waals surface area contributed by atoms with Gasteiger partial charge in [0.1, 0.15) is 0 Å². The Morgan fingerprint density at radius 3 is 2.55 bits per heavy atom. The number of halogens is 1. The molecule has 5 nitrogen and oxygen atoms in total. The van der Waals surface area contributed by atoms with Crippen LogP contribution in [-0.4, -0.2) is 53.5 Å². The largest absolute Gasteiger partial charge is 0.481 e. The summed E-state index contributed by atoms with van der Waals surface area (Å²) < 4.78 is 0. The van der Waals surface area contributed by atoms with Crippen LogP contribution < -0.4 is 0 Å². The summed E-state index contributed by atoms with van der Waals surface area (Å²) >= 11 is 0. The molecule has 0 saturated carbocycles. The van der Waals surface area contributed by atoms with Crippen LogP contribution in [0.2, 0.25) is 0 Å². The van der Waals surface area contributed by atoms with E-state index in [1.54, 1.807) is 11.9 Å². The molecule has 2 atom stereocenters. The highest BCUT2D eigenvalue weighted by Gasteiger charge is 2.30. The first-order chi connectivity index (χ1) is 9.99. The first-order valence-electron chi connectivity index (χ1n) is 7.24. The number of benzene rings is 1. The van der Waals surface area contributed by atoms with E-state index in [9.17, 15) is 9.59 Å². The quantitative estimate of drug-likeness (QED) is 0.899. The molecule has 22 heavy (non-hydrogen) atoms. The van der Waals surface area contributed by atoms with Gasteiger partial charge in [0, 0.05) is 13.6 Å². The zero-order valence-electron chi connectivity index (χ0n) is 12.9. The first-order valence-corrected chi connectivity index (χ1v) is 7.24. The average Bonchev–Trinajstić information content (AvgIpc) is 2.95. The molecule has 2 rings (SSSR count). The number of likely N-dealkylation sites (tertiary alicyclic amines) is 1. The Bertz CT molecular complexity index is 509. The Morgan fingerprint density at radius 2 is 2.00 bits per heavy atom. The molecule has 6 heteroatoms. The predicted molar refractivity (Wildman–Crippen MR) is 87.1 cm³/mol. The summed E-state index contributed by atoms with van der Waals surface area (Å²) in [5.41, 5.74) is 1.10. The highest BCUT2D eigenvalue weighted by molar-refractivity contribution is 5.85. The van der Waals surface area contributed by atoms with Crippen molar-refractivity contribution in [1.82, 2.24) is 9.80 Å². The van der Waals surface area contributed by atoms with Crippen molar-refractivity contribution < 1.29 is 14.7 Å². The maximum Gasteiger partial charge on any atom is 0.307 e. The topological polar surface area (TPSA) is 60.9 Å². The molecule has 1 aliphatic rings. The molecule has 1 aliphatic heterocycles. The molecule has 1 aromatic carbocycles. The van der Waals surface area contributed by atoms with Crippen molar-refractivity contribution in [3.8, 4) is 0 Å². The fourth-order valence-corrected chi connectivity index (χ4v) is 2.65. The molecule has 1 heterocycles. The van der Waals surface area contributed by atoms with Gasteiger partial charge in [-0.3, -0.25) is 14.5 Å². The van der Waals surface area contributed by atoms with Crippen molar-refractivity contribution in [1.29, 1.82) is 0 Å². The summed E-state index contributed by atoms with van der Waals surface area (Å²) in [5.74, 6) is -1.08. The molecule has 1 N–H and O–H groups in total. The maximum atomic E-state index is 12.3. The lowest BCUT2D eigenvalue weighted by Gasteiger charge is -2.27. The fourth-order valence-electron chi connectivity index (χ4n) is 2.65. The smallest absolute Gasteiger partial charge is 0.307 e. The van der Waals surface area contributed by atoms with Crippen LogP contribution in [0.15, 0.2) is 30.3 Å². The van der Waals surface area contributed by atoms with Crippen molar-refractivity contribution in [2.24, 2.45) is 5.92 Å². The molecular weight excluding hydrogens is 304 g/mol. The summed E-state index contributed by atoms with van der Waals surface area (Å²) in [6.45, 7) is 3.43. The fraction of sp³-hybridized carbons (Fsp3) is 0.500. The highest BCUT2D eigenvalue weighted by atomic mass is 35.5. The molecule has 0 bridgehead atoms. The molecule has 122 valence electrons. The van der Waals surface area contributed by atoms with Gasteiger partial charge < -0.3 is 10.0 Å². The minimum Gasteiger partial charge on any atom is -0.481 e. The minimum atomic E-state index is -0.768. The van der Waals surface area contributed by atoms with Crippen molar-refractivity contribution in [2.75, 3.05) is 26.7 Å². The lowest BCUT2D eigenvalue weighted by molar-refractivity contribution is -0.141. The number of carbonyl (C=O) groups excluding carboxylic acids is 1. The molecule has 0 aliphatic carbocycles. The molecule has 1 amide bonds. The number of carboxylic acid groups (broad SMARTS) is 1. The first kappa shape index (κ1) is 18.5. The van der Waals surface area contributed by atoms with E-state index in [-0.39, 0.29) is 36.8 Å². The Kier molecular flexibility index (Phi) is 6.84. The zero-order chi connectivity index (χ0) is 15.4.